The van der Waals surface area contributed by atoms with Gasteiger partial charge in [0.15, 0.2) is 8.32 Å². The fraction of sp³-hybridized carbons (Fsp3) is 0.857. The van der Waals surface area contributed by atoms with E-state index in [-0.39, 0.29) is 11.1 Å². The largest absolute Gasteiger partial charge is 0.417 e. The van der Waals surface area contributed by atoms with Gasteiger partial charge in [-0.3, -0.25) is 0 Å². The third-order valence-electron chi connectivity index (χ3n) is 3.64. The van der Waals surface area contributed by atoms with Gasteiger partial charge in [0.05, 0.1) is 6.10 Å². The summed E-state index contributed by atoms with van der Waals surface area (Å²) in [6.45, 7) is 15.8. The van der Waals surface area contributed by atoms with Crippen LogP contribution in [0.2, 0.25) is 18.1 Å². The highest BCUT2D eigenvalue weighted by Crippen LogP contribution is 2.36. The van der Waals surface area contributed by atoms with Gasteiger partial charge in [-0.05, 0) is 43.8 Å². The van der Waals surface area contributed by atoms with Gasteiger partial charge in [-0.25, -0.2) is 0 Å². The van der Waals surface area contributed by atoms with E-state index in [0.717, 1.165) is 25.9 Å². The SMILES string of the molecule is C=CCC(O)CCCCO[Si](C)(C)C(C)(C)C. The predicted molar refractivity (Wildman–Crippen MR) is 77.8 cm³/mol. The van der Waals surface area contributed by atoms with Gasteiger partial charge in [0.1, 0.15) is 0 Å². The highest BCUT2D eigenvalue weighted by Gasteiger charge is 2.36. The average molecular weight is 258 g/mol. The summed E-state index contributed by atoms with van der Waals surface area (Å²) >= 11 is 0. The van der Waals surface area contributed by atoms with E-state index in [0.29, 0.717) is 6.42 Å². The van der Waals surface area contributed by atoms with E-state index >= 15 is 0 Å². The molecular weight excluding hydrogens is 228 g/mol. The average Bonchev–Trinajstić information content (AvgIpc) is 2.15. The van der Waals surface area contributed by atoms with Gasteiger partial charge in [-0.2, -0.15) is 0 Å². The van der Waals surface area contributed by atoms with E-state index in [9.17, 15) is 5.11 Å². The summed E-state index contributed by atoms with van der Waals surface area (Å²) in [4.78, 5) is 0. The second-order valence-corrected chi connectivity index (χ2v) is 11.1. The Balaban J connectivity index is 3.68. The van der Waals surface area contributed by atoms with Crippen molar-refractivity contribution >= 4 is 8.32 Å². The van der Waals surface area contributed by atoms with Crippen molar-refractivity contribution in [3.8, 4) is 0 Å². The van der Waals surface area contributed by atoms with Crippen LogP contribution < -0.4 is 0 Å². The smallest absolute Gasteiger partial charge is 0.191 e. The summed E-state index contributed by atoms with van der Waals surface area (Å²) < 4.78 is 6.07. The molecule has 0 rings (SSSR count). The summed E-state index contributed by atoms with van der Waals surface area (Å²) in [5.41, 5.74) is 0. The Bertz CT molecular complexity index is 219. The number of hydrogen-bond donors (Lipinski definition) is 1. The molecule has 0 amide bonds. The zero-order valence-electron chi connectivity index (χ0n) is 12.3. The Hall–Kier alpha value is -0.123. The van der Waals surface area contributed by atoms with Gasteiger partial charge in [0, 0.05) is 6.61 Å². The molecule has 102 valence electrons. The minimum absolute atomic E-state index is 0.222. The predicted octanol–water partition coefficient (Wildman–Crippen LogP) is 4.12. The topological polar surface area (TPSA) is 29.5 Å². The summed E-state index contributed by atoms with van der Waals surface area (Å²) in [6.07, 6.45) is 5.18. The van der Waals surface area contributed by atoms with Gasteiger partial charge < -0.3 is 9.53 Å². The molecule has 17 heavy (non-hydrogen) atoms. The Morgan fingerprint density at radius 1 is 1.29 bits per heavy atom. The number of aliphatic hydroxyl groups excluding tert-OH is 1. The molecule has 0 radical (unpaired) electrons. The van der Waals surface area contributed by atoms with Crippen molar-refractivity contribution in [2.24, 2.45) is 0 Å². The first-order chi connectivity index (χ1) is 7.70. The molecule has 0 aliphatic rings. The summed E-state index contributed by atoms with van der Waals surface area (Å²) in [6, 6.07) is 0. The van der Waals surface area contributed by atoms with E-state index in [1.165, 1.54) is 0 Å². The Morgan fingerprint density at radius 3 is 2.35 bits per heavy atom. The monoisotopic (exact) mass is 258 g/mol. The number of rotatable bonds is 8. The van der Waals surface area contributed by atoms with Gasteiger partial charge in [0.2, 0.25) is 0 Å². The molecule has 2 nitrogen and oxygen atoms in total. The zero-order valence-corrected chi connectivity index (χ0v) is 13.3. The lowest BCUT2D eigenvalue weighted by Crippen LogP contribution is -2.40. The molecule has 0 bridgehead atoms. The van der Waals surface area contributed by atoms with Gasteiger partial charge >= 0.3 is 0 Å². The van der Waals surface area contributed by atoms with Crippen LogP contribution in [0.25, 0.3) is 0 Å². The van der Waals surface area contributed by atoms with Crippen molar-refractivity contribution in [3.63, 3.8) is 0 Å². The maximum absolute atomic E-state index is 9.53. The van der Waals surface area contributed by atoms with Crippen LogP contribution in [0.4, 0.5) is 0 Å². The molecule has 0 aromatic heterocycles. The third kappa shape index (κ3) is 7.01. The van der Waals surface area contributed by atoms with Crippen molar-refractivity contribution in [3.05, 3.63) is 12.7 Å². The van der Waals surface area contributed by atoms with Crippen molar-refractivity contribution in [2.45, 2.75) is 70.7 Å². The van der Waals surface area contributed by atoms with E-state index in [2.05, 4.69) is 40.4 Å². The van der Waals surface area contributed by atoms with Gasteiger partial charge in [0.25, 0.3) is 0 Å². The van der Waals surface area contributed by atoms with Crippen LogP contribution in [-0.4, -0.2) is 26.1 Å². The highest BCUT2D eigenvalue weighted by molar-refractivity contribution is 6.74. The molecule has 3 heteroatoms. The normalized spacial score (nSPS) is 14.7. The first kappa shape index (κ1) is 16.9. The summed E-state index contributed by atoms with van der Waals surface area (Å²) in [7, 11) is -1.58. The number of unbranched alkanes of at least 4 members (excludes halogenated alkanes) is 1. The van der Waals surface area contributed by atoms with Crippen LogP contribution in [0.5, 0.6) is 0 Å². The fourth-order valence-electron chi connectivity index (χ4n) is 1.34. The third-order valence-corrected chi connectivity index (χ3v) is 8.18. The lowest BCUT2D eigenvalue weighted by atomic mass is 10.1. The van der Waals surface area contributed by atoms with Crippen LogP contribution in [-0.2, 0) is 4.43 Å². The highest BCUT2D eigenvalue weighted by atomic mass is 28.4. The van der Waals surface area contributed by atoms with Crippen LogP contribution in [0, 0.1) is 0 Å². The molecule has 0 aromatic carbocycles. The Labute approximate surface area is 108 Å². The molecular formula is C14H30O2Si. The van der Waals surface area contributed by atoms with Crippen molar-refractivity contribution < 1.29 is 9.53 Å². The van der Waals surface area contributed by atoms with Crippen molar-refractivity contribution in [2.75, 3.05) is 6.61 Å². The molecule has 0 saturated heterocycles. The Kier molecular flexibility index (Phi) is 7.29. The second-order valence-electron chi connectivity index (χ2n) is 6.28. The van der Waals surface area contributed by atoms with E-state index < -0.39 is 8.32 Å². The molecule has 0 fully saturated rings. The fourth-order valence-corrected chi connectivity index (χ4v) is 2.42. The maximum Gasteiger partial charge on any atom is 0.191 e. The molecule has 1 unspecified atom stereocenters. The summed E-state index contributed by atoms with van der Waals surface area (Å²) in [5.74, 6) is 0. The maximum atomic E-state index is 9.53. The van der Waals surface area contributed by atoms with Crippen LogP contribution in [0.1, 0.15) is 46.5 Å². The van der Waals surface area contributed by atoms with E-state index in [1.54, 1.807) is 6.08 Å². The van der Waals surface area contributed by atoms with Crippen LogP contribution in [0.15, 0.2) is 12.7 Å². The van der Waals surface area contributed by atoms with Crippen molar-refractivity contribution in [1.29, 1.82) is 0 Å². The van der Waals surface area contributed by atoms with Gasteiger partial charge in [-0.1, -0.05) is 26.8 Å². The van der Waals surface area contributed by atoms with E-state index in [1.807, 2.05) is 0 Å². The van der Waals surface area contributed by atoms with Crippen LogP contribution in [0.3, 0.4) is 0 Å². The number of aliphatic hydroxyl groups is 1. The minimum Gasteiger partial charge on any atom is -0.417 e. The zero-order chi connectivity index (χ0) is 13.5. The minimum atomic E-state index is -1.58. The standard InChI is InChI=1S/C14H30O2Si/c1-7-10-13(15)11-8-9-12-16-17(5,6)14(2,3)4/h7,13,15H,1,8-12H2,2-6H3. The lowest BCUT2D eigenvalue weighted by Gasteiger charge is -2.36. The summed E-state index contributed by atoms with van der Waals surface area (Å²) in [5, 5.41) is 9.82. The second kappa shape index (κ2) is 7.34. The first-order valence-electron chi connectivity index (χ1n) is 6.63. The van der Waals surface area contributed by atoms with Gasteiger partial charge in [-0.15, -0.1) is 6.58 Å². The Morgan fingerprint density at radius 2 is 1.88 bits per heavy atom. The molecule has 0 saturated carbocycles. The van der Waals surface area contributed by atoms with Crippen LogP contribution >= 0.6 is 0 Å². The molecule has 0 aliphatic carbocycles. The molecule has 0 heterocycles. The quantitative estimate of drug-likeness (QED) is 0.403. The van der Waals surface area contributed by atoms with E-state index in [4.69, 9.17) is 4.43 Å². The molecule has 0 aromatic rings. The molecule has 1 N–H and O–H groups in total. The molecule has 1 atom stereocenters. The first-order valence-corrected chi connectivity index (χ1v) is 9.54. The number of hydrogen-bond acceptors (Lipinski definition) is 2. The molecule has 0 spiro atoms. The lowest BCUT2D eigenvalue weighted by molar-refractivity contribution is 0.160. The van der Waals surface area contributed by atoms with Crippen molar-refractivity contribution in [1.82, 2.24) is 0 Å². The molecule has 0 aliphatic heterocycles.